The molecule has 2 aromatic rings. The summed E-state index contributed by atoms with van der Waals surface area (Å²) in [7, 11) is 1.59. The van der Waals surface area contributed by atoms with Crippen LogP contribution in [0.2, 0.25) is 0 Å². The Morgan fingerprint density at radius 2 is 2.13 bits per heavy atom. The van der Waals surface area contributed by atoms with Gasteiger partial charge in [0, 0.05) is 37.3 Å². The van der Waals surface area contributed by atoms with E-state index in [9.17, 15) is 4.79 Å². The van der Waals surface area contributed by atoms with Gasteiger partial charge in [0.1, 0.15) is 18.7 Å². The first-order valence-corrected chi connectivity index (χ1v) is 9.73. The van der Waals surface area contributed by atoms with Crippen LogP contribution in [-0.4, -0.2) is 78.9 Å². The van der Waals surface area contributed by atoms with E-state index in [0.29, 0.717) is 36.0 Å². The molecule has 3 N–H and O–H groups in total. The second kappa shape index (κ2) is 11.1. The molecule has 0 radical (unpaired) electrons. The van der Waals surface area contributed by atoms with Gasteiger partial charge in [-0.2, -0.15) is 0 Å². The fraction of sp³-hybridized carbons (Fsp3) is 0.400. The third kappa shape index (κ3) is 5.58. The summed E-state index contributed by atoms with van der Waals surface area (Å²) in [6, 6.07) is 3.59. The topological polar surface area (TPSA) is 135 Å². The van der Waals surface area contributed by atoms with Crippen LogP contribution in [-0.2, 0) is 16.1 Å². The Balaban J connectivity index is 0.000000858. The predicted octanol–water partition coefficient (Wildman–Crippen LogP) is 0.884. The largest absolute Gasteiger partial charge is 0.494 e. The van der Waals surface area contributed by atoms with Crippen LogP contribution in [0.15, 0.2) is 24.7 Å². The standard InChI is InChI=1S/C19H23N5O4.CH2O2/c1-26-17-14-10-21-19(25)13(14)2-3-15(17)23-18-16(11-20-12-22-18)28-9-6-24-4-7-27-8-5-24;2-1-3/h2-3,11-12H,4-10H2,1H3,(H,21,25)(H,20,22,23);1H,(H,2,3). The van der Waals surface area contributed by atoms with Crippen molar-refractivity contribution in [2.45, 2.75) is 6.54 Å². The molecule has 1 amide bonds. The number of fused-ring (bicyclic) bond motifs is 1. The van der Waals surface area contributed by atoms with Crippen molar-refractivity contribution in [1.29, 1.82) is 0 Å². The van der Waals surface area contributed by atoms with E-state index >= 15 is 0 Å². The molecule has 0 unspecified atom stereocenters. The number of methoxy groups -OCH3 is 1. The van der Waals surface area contributed by atoms with E-state index in [2.05, 4.69) is 25.5 Å². The number of amides is 1. The fourth-order valence-corrected chi connectivity index (χ4v) is 3.36. The average Bonchev–Trinajstić information content (AvgIpc) is 3.17. The number of carbonyl (C=O) groups is 2. The van der Waals surface area contributed by atoms with Gasteiger partial charge in [0.05, 0.1) is 32.2 Å². The van der Waals surface area contributed by atoms with E-state index < -0.39 is 0 Å². The summed E-state index contributed by atoms with van der Waals surface area (Å²) < 4.78 is 16.8. The Labute approximate surface area is 179 Å². The minimum atomic E-state index is -0.250. The molecule has 0 aliphatic carbocycles. The molecule has 4 rings (SSSR count). The summed E-state index contributed by atoms with van der Waals surface area (Å²) >= 11 is 0. The predicted molar refractivity (Wildman–Crippen MR) is 111 cm³/mol. The first kappa shape index (κ1) is 22.2. The van der Waals surface area contributed by atoms with Crippen molar-refractivity contribution in [1.82, 2.24) is 20.2 Å². The first-order valence-electron chi connectivity index (χ1n) is 9.73. The number of nitrogens with zero attached hydrogens (tertiary/aromatic N) is 3. The molecule has 11 heteroatoms. The molecule has 11 nitrogen and oxygen atoms in total. The van der Waals surface area contributed by atoms with Crippen LogP contribution in [0.1, 0.15) is 15.9 Å². The minimum Gasteiger partial charge on any atom is -0.494 e. The molecular formula is C20H25N5O6. The van der Waals surface area contributed by atoms with Crippen LogP contribution in [0.4, 0.5) is 11.5 Å². The maximum absolute atomic E-state index is 11.9. The zero-order valence-corrected chi connectivity index (χ0v) is 17.2. The lowest BCUT2D eigenvalue weighted by atomic mass is 10.1. The zero-order valence-electron chi connectivity index (χ0n) is 17.2. The summed E-state index contributed by atoms with van der Waals surface area (Å²) in [5, 5.41) is 13.0. The van der Waals surface area contributed by atoms with Gasteiger partial charge in [-0.1, -0.05) is 0 Å². The highest BCUT2D eigenvalue weighted by Gasteiger charge is 2.25. The van der Waals surface area contributed by atoms with Crippen molar-refractivity contribution in [3.05, 3.63) is 35.8 Å². The maximum Gasteiger partial charge on any atom is 0.290 e. The highest BCUT2D eigenvalue weighted by molar-refractivity contribution is 6.00. The SMILES string of the molecule is COc1c(Nc2ncncc2OCCN2CCOCC2)ccc2c1CNC2=O.O=CO. The lowest BCUT2D eigenvalue weighted by Gasteiger charge is -2.26. The number of ether oxygens (including phenoxy) is 3. The molecule has 166 valence electrons. The minimum absolute atomic E-state index is 0.0889. The summed E-state index contributed by atoms with van der Waals surface area (Å²) in [6.45, 7) is 4.89. The van der Waals surface area contributed by atoms with E-state index in [-0.39, 0.29) is 12.4 Å². The number of carbonyl (C=O) groups excluding carboxylic acids is 1. The van der Waals surface area contributed by atoms with Crippen molar-refractivity contribution in [2.75, 3.05) is 51.9 Å². The zero-order chi connectivity index (χ0) is 22.1. The first-order chi connectivity index (χ1) is 15.2. The molecule has 3 heterocycles. The number of aromatic nitrogens is 2. The fourth-order valence-electron chi connectivity index (χ4n) is 3.36. The Morgan fingerprint density at radius 1 is 1.35 bits per heavy atom. The highest BCUT2D eigenvalue weighted by atomic mass is 16.5. The maximum atomic E-state index is 11.9. The van der Waals surface area contributed by atoms with E-state index in [1.165, 1.54) is 6.33 Å². The van der Waals surface area contributed by atoms with Crippen molar-refractivity contribution in [3.63, 3.8) is 0 Å². The van der Waals surface area contributed by atoms with E-state index in [1.807, 2.05) is 6.07 Å². The van der Waals surface area contributed by atoms with Gasteiger partial charge in [0.15, 0.2) is 11.6 Å². The normalized spacial score (nSPS) is 15.2. The van der Waals surface area contributed by atoms with Gasteiger partial charge in [0.2, 0.25) is 0 Å². The van der Waals surface area contributed by atoms with E-state index in [0.717, 1.165) is 44.1 Å². The number of hydrogen-bond acceptors (Lipinski definition) is 9. The number of rotatable bonds is 7. The Morgan fingerprint density at radius 3 is 2.87 bits per heavy atom. The van der Waals surface area contributed by atoms with Gasteiger partial charge < -0.3 is 30.0 Å². The Hall–Kier alpha value is -3.44. The van der Waals surface area contributed by atoms with Crippen LogP contribution < -0.4 is 20.1 Å². The van der Waals surface area contributed by atoms with Crippen LogP contribution in [0.5, 0.6) is 11.5 Å². The number of hydrogen-bond donors (Lipinski definition) is 3. The van der Waals surface area contributed by atoms with Gasteiger partial charge in [-0.15, -0.1) is 0 Å². The number of carboxylic acid groups (broad SMARTS) is 1. The van der Waals surface area contributed by atoms with Crippen molar-refractivity contribution >= 4 is 23.9 Å². The van der Waals surface area contributed by atoms with E-state index in [4.69, 9.17) is 24.1 Å². The summed E-state index contributed by atoms with van der Waals surface area (Å²) in [4.78, 5) is 30.9. The van der Waals surface area contributed by atoms with E-state index in [1.54, 1.807) is 19.4 Å². The van der Waals surface area contributed by atoms with Gasteiger partial charge in [0.25, 0.3) is 12.4 Å². The lowest BCUT2D eigenvalue weighted by molar-refractivity contribution is -0.122. The second-order valence-electron chi connectivity index (χ2n) is 6.62. The molecule has 2 aliphatic rings. The molecule has 2 aliphatic heterocycles. The molecule has 0 spiro atoms. The monoisotopic (exact) mass is 431 g/mol. The number of benzene rings is 1. The molecule has 31 heavy (non-hydrogen) atoms. The Kier molecular flexibility index (Phi) is 7.96. The van der Waals surface area contributed by atoms with Gasteiger partial charge in [-0.05, 0) is 12.1 Å². The van der Waals surface area contributed by atoms with Crippen LogP contribution in [0.25, 0.3) is 0 Å². The lowest BCUT2D eigenvalue weighted by Crippen LogP contribution is -2.38. The van der Waals surface area contributed by atoms with Crippen LogP contribution >= 0.6 is 0 Å². The van der Waals surface area contributed by atoms with Crippen LogP contribution in [0.3, 0.4) is 0 Å². The van der Waals surface area contributed by atoms with Gasteiger partial charge in [-0.25, -0.2) is 9.97 Å². The molecule has 1 aromatic carbocycles. The average molecular weight is 431 g/mol. The number of nitrogens with one attached hydrogen (secondary N) is 2. The van der Waals surface area contributed by atoms with Crippen molar-refractivity contribution < 1.29 is 28.9 Å². The molecule has 1 fully saturated rings. The molecular weight excluding hydrogens is 406 g/mol. The van der Waals surface area contributed by atoms with Crippen molar-refractivity contribution in [3.8, 4) is 11.5 Å². The summed E-state index contributed by atoms with van der Waals surface area (Å²) in [5.74, 6) is 1.64. The molecule has 0 saturated carbocycles. The third-order valence-corrected chi connectivity index (χ3v) is 4.84. The molecule has 1 saturated heterocycles. The number of anilines is 2. The molecule has 0 atom stereocenters. The quantitative estimate of drug-likeness (QED) is 0.542. The highest BCUT2D eigenvalue weighted by Crippen LogP contribution is 2.36. The second-order valence-corrected chi connectivity index (χ2v) is 6.62. The van der Waals surface area contributed by atoms with Crippen molar-refractivity contribution in [2.24, 2.45) is 0 Å². The van der Waals surface area contributed by atoms with Crippen LogP contribution in [0, 0.1) is 0 Å². The Bertz CT molecular complexity index is 904. The third-order valence-electron chi connectivity index (χ3n) is 4.84. The molecule has 0 bridgehead atoms. The molecule has 1 aromatic heterocycles. The van der Waals surface area contributed by atoms with Gasteiger partial charge in [-0.3, -0.25) is 14.5 Å². The smallest absolute Gasteiger partial charge is 0.290 e. The summed E-state index contributed by atoms with van der Waals surface area (Å²) in [5.41, 5.74) is 2.18. The summed E-state index contributed by atoms with van der Waals surface area (Å²) in [6.07, 6.45) is 3.10. The number of morpholine rings is 1. The van der Waals surface area contributed by atoms with Gasteiger partial charge >= 0.3 is 0 Å².